The highest BCUT2D eigenvalue weighted by Gasteiger charge is 2.26. The summed E-state index contributed by atoms with van der Waals surface area (Å²) in [7, 11) is 0. The van der Waals surface area contributed by atoms with Crippen LogP contribution in [0.5, 0.6) is 0 Å². The molecule has 0 spiro atoms. The number of benzene rings is 2. The van der Waals surface area contributed by atoms with Crippen molar-refractivity contribution in [2.24, 2.45) is 5.92 Å². The Kier molecular flexibility index (Phi) is 5.92. The molecule has 0 unspecified atom stereocenters. The van der Waals surface area contributed by atoms with Crippen molar-refractivity contribution >= 4 is 23.2 Å². The molecule has 1 saturated heterocycles. The molecule has 1 aliphatic rings. The molecule has 0 radical (unpaired) electrons. The van der Waals surface area contributed by atoms with Crippen molar-refractivity contribution in [3.8, 4) is 6.07 Å². The van der Waals surface area contributed by atoms with Gasteiger partial charge in [0.2, 0.25) is 5.91 Å². The van der Waals surface area contributed by atoms with Crippen molar-refractivity contribution in [3.63, 3.8) is 0 Å². The van der Waals surface area contributed by atoms with Crippen molar-refractivity contribution in [2.75, 3.05) is 18.0 Å². The molecule has 1 aliphatic heterocycles. The zero-order valence-electron chi connectivity index (χ0n) is 14.5. The summed E-state index contributed by atoms with van der Waals surface area (Å²) in [5.41, 5.74) is 1.65. The Morgan fingerprint density at radius 1 is 1.19 bits per heavy atom. The first-order chi connectivity index (χ1) is 13.0. The summed E-state index contributed by atoms with van der Waals surface area (Å²) < 4.78 is 26.4. The fraction of sp³-hybridized carbons (Fsp3) is 0.300. The van der Waals surface area contributed by atoms with Crippen LogP contribution in [0.4, 0.5) is 14.5 Å². The summed E-state index contributed by atoms with van der Waals surface area (Å²) in [6.45, 7) is 1.46. The first-order valence-electron chi connectivity index (χ1n) is 8.64. The lowest BCUT2D eigenvalue weighted by atomic mass is 9.95. The van der Waals surface area contributed by atoms with Crippen LogP contribution in [-0.4, -0.2) is 19.0 Å². The number of hydrogen-bond donors (Lipinski definition) is 1. The van der Waals surface area contributed by atoms with Crippen LogP contribution < -0.4 is 10.2 Å². The number of amides is 1. The maximum Gasteiger partial charge on any atom is 0.223 e. The average molecular weight is 390 g/mol. The van der Waals surface area contributed by atoms with E-state index in [9.17, 15) is 18.8 Å². The molecule has 3 rings (SSSR count). The summed E-state index contributed by atoms with van der Waals surface area (Å²) >= 11 is 5.97. The van der Waals surface area contributed by atoms with E-state index in [-0.39, 0.29) is 23.4 Å². The van der Waals surface area contributed by atoms with Crippen molar-refractivity contribution in [2.45, 2.75) is 19.4 Å². The molecule has 2 aromatic rings. The quantitative estimate of drug-likeness (QED) is 0.859. The van der Waals surface area contributed by atoms with Crippen LogP contribution in [-0.2, 0) is 11.3 Å². The number of nitriles is 1. The summed E-state index contributed by atoms with van der Waals surface area (Å²) in [5.74, 6) is -1.08. The maximum atomic E-state index is 13.3. The Balaban J connectivity index is 1.56. The van der Waals surface area contributed by atoms with Crippen LogP contribution in [0.3, 0.4) is 0 Å². The number of nitrogens with one attached hydrogen (secondary N) is 1. The SMILES string of the molecule is N#Cc1cc(F)ccc1N1CCC(C(=O)NCc2ccc(F)cc2Cl)CC1. The zero-order valence-corrected chi connectivity index (χ0v) is 15.3. The highest BCUT2D eigenvalue weighted by atomic mass is 35.5. The van der Waals surface area contributed by atoms with E-state index in [2.05, 4.69) is 5.32 Å². The second-order valence-corrected chi connectivity index (χ2v) is 6.90. The highest BCUT2D eigenvalue weighted by Crippen LogP contribution is 2.27. The second kappa shape index (κ2) is 8.36. The van der Waals surface area contributed by atoms with Gasteiger partial charge in [-0.2, -0.15) is 5.26 Å². The number of halogens is 3. The molecule has 27 heavy (non-hydrogen) atoms. The van der Waals surface area contributed by atoms with Gasteiger partial charge < -0.3 is 10.2 Å². The molecule has 0 saturated carbocycles. The molecule has 140 valence electrons. The number of nitrogens with zero attached hydrogens (tertiary/aromatic N) is 2. The van der Waals surface area contributed by atoms with E-state index in [0.29, 0.717) is 42.7 Å². The maximum absolute atomic E-state index is 13.3. The van der Waals surface area contributed by atoms with E-state index in [0.717, 1.165) is 0 Å². The predicted octanol–water partition coefficient (Wildman–Crippen LogP) is 4.02. The van der Waals surface area contributed by atoms with Gasteiger partial charge in [0.05, 0.1) is 11.3 Å². The molecule has 1 amide bonds. The second-order valence-electron chi connectivity index (χ2n) is 6.49. The molecule has 7 heteroatoms. The van der Waals surface area contributed by atoms with Crippen molar-refractivity contribution in [3.05, 3.63) is 64.2 Å². The smallest absolute Gasteiger partial charge is 0.223 e. The van der Waals surface area contributed by atoms with Gasteiger partial charge in [-0.05, 0) is 48.7 Å². The predicted molar refractivity (Wildman–Crippen MR) is 99.3 cm³/mol. The van der Waals surface area contributed by atoms with Gasteiger partial charge in [0.25, 0.3) is 0 Å². The van der Waals surface area contributed by atoms with Gasteiger partial charge in [-0.3, -0.25) is 4.79 Å². The monoisotopic (exact) mass is 389 g/mol. The lowest BCUT2D eigenvalue weighted by Crippen LogP contribution is -2.40. The molecule has 1 N–H and O–H groups in total. The van der Waals surface area contributed by atoms with Crippen LogP contribution >= 0.6 is 11.6 Å². The molecule has 0 aliphatic carbocycles. The summed E-state index contributed by atoms with van der Waals surface area (Å²) in [6, 6.07) is 10.3. The van der Waals surface area contributed by atoms with Crippen molar-refractivity contribution in [1.82, 2.24) is 5.32 Å². The lowest BCUT2D eigenvalue weighted by molar-refractivity contribution is -0.125. The van der Waals surface area contributed by atoms with Gasteiger partial charge >= 0.3 is 0 Å². The molecule has 1 heterocycles. The Morgan fingerprint density at radius 3 is 2.52 bits per heavy atom. The third-order valence-corrected chi connectivity index (χ3v) is 5.11. The van der Waals surface area contributed by atoms with E-state index in [4.69, 9.17) is 11.6 Å². The van der Waals surface area contributed by atoms with Crippen LogP contribution in [0.1, 0.15) is 24.0 Å². The lowest BCUT2D eigenvalue weighted by Gasteiger charge is -2.33. The van der Waals surface area contributed by atoms with Gasteiger partial charge in [0.15, 0.2) is 0 Å². The van der Waals surface area contributed by atoms with Gasteiger partial charge in [-0.25, -0.2) is 8.78 Å². The number of rotatable bonds is 4. The average Bonchev–Trinajstić information content (AvgIpc) is 2.67. The van der Waals surface area contributed by atoms with Gasteiger partial charge in [0.1, 0.15) is 17.7 Å². The number of anilines is 1. The molecule has 2 aromatic carbocycles. The van der Waals surface area contributed by atoms with E-state index >= 15 is 0 Å². The minimum absolute atomic E-state index is 0.0744. The third-order valence-electron chi connectivity index (χ3n) is 4.75. The number of carbonyl (C=O) groups excluding carboxylic acids is 1. The molecule has 4 nitrogen and oxygen atoms in total. The Hall–Kier alpha value is -2.65. The zero-order chi connectivity index (χ0) is 19.4. The largest absolute Gasteiger partial charge is 0.370 e. The van der Waals surface area contributed by atoms with Crippen LogP contribution in [0.2, 0.25) is 5.02 Å². The van der Waals surface area contributed by atoms with Gasteiger partial charge in [-0.1, -0.05) is 17.7 Å². The van der Waals surface area contributed by atoms with E-state index in [1.807, 2.05) is 11.0 Å². The Labute approximate surface area is 161 Å². The molecule has 1 fully saturated rings. The number of piperidine rings is 1. The van der Waals surface area contributed by atoms with Crippen LogP contribution in [0.15, 0.2) is 36.4 Å². The van der Waals surface area contributed by atoms with E-state index in [1.165, 1.54) is 24.3 Å². The highest BCUT2D eigenvalue weighted by molar-refractivity contribution is 6.31. The first-order valence-corrected chi connectivity index (χ1v) is 9.02. The van der Waals surface area contributed by atoms with Crippen molar-refractivity contribution < 1.29 is 13.6 Å². The first kappa shape index (κ1) is 19.1. The van der Waals surface area contributed by atoms with E-state index < -0.39 is 11.6 Å². The minimum Gasteiger partial charge on any atom is -0.370 e. The van der Waals surface area contributed by atoms with Gasteiger partial charge in [-0.15, -0.1) is 0 Å². The number of carbonyl (C=O) groups is 1. The Bertz CT molecular complexity index is 889. The molecular formula is C20H18ClF2N3O. The molecule has 0 atom stereocenters. The van der Waals surface area contributed by atoms with E-state index in [1.54, 1.807) is 12.1 Å². The molecular weight excluding hydrogens is 372 g/mol. The van der Waals surface area contributed by atoms with Crippen LogP contribution in [0, 0.1) is 28.9 Å². The van der Waals surface area contributed by atoms with Gasteiger partial charge in [0, 0.05) is 30.6 Å². The molecule has 0 bridgehead atoms. The minimum atomic E-state index is -0.441. The normalized spacial score (nSPS) is 14.7. The fourth-order valence-electron chi connectivity index (χ4n) is 3.25. The standard InChI is InChI=1S/C20H18ClF2N3O/c21-18-10-17(23)2-1-14(18)12-25-20(27)13-5-7-26(8-6-13)19-4-3-16(22)9-15(19)11-24/h1-4,9-10,13H,5-8,12H2,(H,25,27). The third kappa shape index (κ3) is 4.55. The fourth-order valence-corrected chi connectivity index (χ4v) is 3.48. The topological polar surface area (TPSA) is 56.1 Å². The van der Waals surface area contributed by atoms with Crippen LogP contribution in [0.25, 0.3) is 0 Å². The summed E-state index contributed by atoms with van der Waals surface area (Å²) in [6.07, 6.45) is 1.26. The Morgan fingerprint density at radius 2 is 1.85 bits per heavy atom. The summed E-state index contributed by atoms with van der Waals surface area (Å²) in [5, 5.41) is 12.3. The molecule has 0 aromatic heterocycles. The number of hydrogen-bond acceptors (Lipinski definition) is 3. The summed E-state index contributed by atoms with van der Waals surface area (Å²) in [4.78, 5) is 14.4. The van der Waals surface area contributed by atoms with Crippen molar-refractivity contribution in [1.29, 1.82) is 5.26 Å².